The molecule has 0 bridgehead atoms. The number of hydrogen-bond donors (Lipinski definition) is 2. The van der Waals surface area contributed by atoms with E-state index >= 15 is 0 Å². The molecule has 1 fully saturated rings. The second-order valence-electron chi connectivity index (χ2n) is 6.36. The molecular weight excluding hydrogens is 350 g/mol. The van der Waals surface area contributed by atoms with Gasteiger partial charge in [-0.3, -0.25) is 9.59 Å². The fraction of sp³-hybridized carbons (Fsp3) is 0.300. The van der Waals surface area contributed by atoms with Crippen LogP contribution in [0.4, 0.5) is 11.4 Å². The van der Waals surface area contributed by atoms with Gasteiger partial charge in [-0.1, -0.05) is 29.8 Å². The summed E-state index contributed by atoms with van der Waals surface area (Å²) in [5, 5.41) is 6.67. The van der Waals surface area contributed by atoms with E-state index in [1.165, 1.54) is 0 Å². The summed E-state index contributed by atoms with van der Waals surface area (Å²) >= 11 is 6.16. The number of carbonyl (C=O) groups is 2. The predicted octanol–water partition coefficient (Wildman–Crippen LogP) is 3.76. The lowest BCUT2D eigenvalue weighted by molar-refractivity contribution is -0.120. The summed E-state index contributed by atoms with van der Waals surface area (Å²) in [7, 11) is 0. The Labute approximate surface area is 158 Å². The van der Waals surface area contributed by atoms with Crippen molar-refractivity contribution in [2.45, 2.75) is 25.8 Å². The molecule has 136 valence electrons. The van der Waals surface area contributed by atoms with Crippen LogP contribution >= 0.6 is 11.6 Å². The van der Waals surface area contributed by atoms with Gasteiger partial charge in [0.15, 0.2) is 0 Å². The minimum atomic E-state index is -0.165. The Balaban J connectivity index is 1.51. The van der Waals surface area contributed by atoms with Crippen molar-refractivity contribution in [3.8, 4) is 0 Å². The zero-order valence-electron chi connectivity index (χ0n) is 14.7. The van der Waals surface area contributed by atoms with Gasteiger partial charge in [-0.15, -0.1) is 0 Å². The van der Waals surface area contributed by atoms with Crippen LogP contribution < -0.4 is 15.5 Å². The molecule has 5 nitrogen and oxygen atoms in total. The Hall–Kier alpha value is -2.53. The van der Waals surface area contributed by atoms with E-state index in [9.17, 15) is 9.59 Å². The molecule has 0 spiro atoms. The lowest BCUT2D eigenvalue weighted by Gasteiger charge is -2.17. The summed E-state index contributed by atoms with van der Waals surface area (Å²) in [6, 6.07) is 14.9. The van der Waals surface area contributed by atoms with Crippen molar-refractivity contribution < 1.29 is 9.59 Å². The maximum atomic E-state index is 12.2. The molecule has 2 aromatic rings. The Morgan fingerprint density at radius 2 is 1.92 bits per heavy atom. The van der Waals surface area contributed by atoms with Crippen molar-refractivity contribution in [2.24, 2.45) is 0 Å². The van der Waals surface area contributed by atoms with Gasteiger partial charge >= 0.3 is 0 Å². The topological polar surface area (TPSA) is 61.4 Å². The average molecular weight is 372 g/mol. The van der Waals surface area contributed by atoms with Gasteiger partial charge in [-0.05, 0) is 49.2 Å². The van der Waals surface area contributed by atoms with Crippen LogP contribution in [0, 0.1) is 0 Å². The molecule has 1 atom stereocenters. The van der Waals surface area contributed by atoms with Crippen LogP contribution in [0.1, 0.15) is 31.4 Å². The zero-order chi connectivity index (χ0) is 18.5. The highest BCUT2D eigenvalue weighted by molar-refractivity contribution is 6.31. The van der Waals surface area contributed by atoms with Gasteiger partial charge in [-0.25, -0.2) is 0 Å². The number of nitrogens with one attached hydrogen (secondary N) is 2. The van der Waals surface area contributed by atoms with Crippen LogP contribution in [0.15, 0.2) is 48.5 Å². The minimum absolute atomic E-state index is 0.115. The standard InChI is InChI=1S/C20H22ClN3O2/c1-14(17-5-2-3-6-18(17)21)23-19(25)13-22-15-8-10-16(11-9-15)24-12-4-7-20(24)26/h2-3,5-6,8-11,14,22H,4,7,12-13H2,1H3,(H,23,25). The van der Waals surface area contributed by atoms with Crippen LogP contribution in [0.3, 0.4) is 0 Å². The summed E-state index contributed by atoms with van der Waals surface area (Å²) in [6.45, 7) is 2.84. The van der Waals surface area contributed by atoms with Gasteiger partial charge < -0.3 is 15.5 Å². The summed E-state index contributed by atoms with van der Waals surface area (Å²) in [5.74, 6) is 0.0508. The van der Waals surface area contributed by atoms with Gasteiger partial charge in [0.05, 0.1) is 12.6 Å². The fourth-order valence-corrected chi connectivity index (χ4v) is 3.36. The molecule has 3 rings (SSSR count). The smallest absolute Gasteiger partial charge is 0.239 e. The first kappa shape index (κ1) is 18.3. The van der Waals surface area contributed by atoms with E-state index in [0.717, 1.165) is 29.9 Å². The number of amides is 2. The van der Waals surface area contributed by atoms with E-state index < -0.39 is 0 Å². The molecule has 1 unspecified atom stereocenters. The Kier molecular flexibility index (Phi) is 5.78. The summed E-state index contributed by atoms with van der Waals surface area (Å²) in [6.07, 6.45) is 1.52. The number of hydrogen-bond acceptors (Lipinski definition) is 3. The first-order valence-corrected chi connectivity index (χ1v) is 9.10. The van der Waals surface area contributed by atoms with Crippen LogP contribution in [0.2, 0.25) is 5.02 Å². The molecule has 0 radical (unpaired) electrons. The summed E-state index contributed by atoms with van der Waals surface area (Å²) < 4.78 is 0. The lowest BCUT2D eigenvalue weighted by atomic mass is 10.1. The first-order valence-electron chi connectivity index (χ1n) is 8.72. The van der Waals surface area contributed by atoms with E-state index in [1.54, 1.807) is 4.90 Å². The van der Waals surface area contributed by atoms with Gasteiger partial charge in [-0.2, -0.15) is 0 Å². The second-order valence-corrected chi connectivity index (χ2v) is 6.77. The van der Waals surface area contributed by atoms with Crippen molar-refractivity contribution in [1.29, 1.82) is 0 Å². The monoisotopic (exact) mass is 371 g/mol. The van der Waals surface area contributed by atoms with E-state index in [2.05, 4.69) is 10.6 Å². The average Bonchev–Trinajstić information content (AvgIpc) is 3.06. The molecule has 0 aliphatic carbocycles. The van der Waals surface area contributed by atoms with Crippen molar-refractivity contribution >= 4 is 34.8 Å². The Morgan fingerprint density at radius 3 is 2.58 bits per heavy atom. The normalized spacial score (nSPS) is 15.0. The minimum Gasteiger partial charge on any atom is -0.376 e. The van der Waals surface area contributed by atoms with Gasteiger partial charge in [0, 0.05) is 29.4 Å². The molecule has 26 heavy (non-hydrogen) atoms. The number of anilines is 2. The second kappa shape index (κ2) is 8.23. The van der Waals surface area contributed by atoms with E-state index in [-0.39, 0.29) is 24.4 Å². The van der Waals surface area contributed by atoms with E-state index in [1.807, 2.05) is 55.5 Å². The molecule has 1 heterocycles. The quantitative estimate of drug-likeness (QED) is 0.812. The highest BCUT2D eigenvalue weighted by Crippen LogP contribution is 2.23. The van der Waals surface area contributed by atoms with Gasteiger partial charge in [0.1, 0.15) is 0 Å². The highest BCUT2D eigenvalue weighted by atomic mass is 35.5. The molecule has 0 aromatic heterocycles. The zero-order valence-corrected chi connectivity index (χ0v) is 15.4. The number of benzene rings is 2. The van der Waals surface area contributed by atoms with E-state index in [4.69, 9.17) is 11.6 Å². The third-order valence-electron chi connectivity index (χ3n) is 4.45. The molecule has 2 N–H and O–H groups in total. The van der Waals surface area contributed by atoms with Crippen LogP contribution in [0.25, 0.3) is 0 Å². The molecule has 0 saturated carbocycles. The molecule has 1 saturated heterocycles. The number of nitrogens with zero attached hydrogens (tertiary/aromatic N) is 1. The fourth-order valence-electron chi connectivity index (χ4n) is 3.06. The lowest BCUT2D eigenvalue weighted by Crippen LogP contribution is -2.32. The van der Waals surface area contributed by atoms with Crippen LogP contribution in [-0.4, -0.2) is 24.9 Å². The van der Waals surface area contributed by atoms with E-state index in [0.29, 0.717) is 11.4 Å². The van der Waals surface area contributed by atoms with Crippen molar-refractivity contribution in [3.05, 3.63) is 59.1 Å². The third kappa shape index (κ3) is 4.35. The predicted molar refractivity (Wildman–Crippen MR) is 105 cm³/mol. The van der Waals surface area contributed by atoms with Crippen LogP contribution in [0.5, 0.6) is 0 Å². The SMILES string of the molecule is CC(NC(=O)CNc1ccc(N2CCCC2=O)cc1)c1ccccc1Cl. The molecule has 2 aromatic carbocycles. The number of carbonyl (C=O) groups excluding carboxylic acids is 2. The van der Waals surface area contributed by atoms with Crippen molar-refractivity contribution in [2.75, 3.05) is 23.3 Å². The molecule has 2 amide bonds. The molecule has 1 aliphatic heterocycles. The molecular formula is C20H22ClN3O2. The Bertz CT molecular complexity index is 792. The first-order chi connectivity index (χ1) is 12.5. The maximum Gasteiger partial charge on any atom is 0.239 e. The largest absolute Gasteiger partial charge is 0.376 e. The highest BCUT2D eigenvalue weighted by Gasteiger charge is 2.21. The van der Waals surface area contributed by atoms with Gasteiger partial charge in [0.25, 0.3) is 0 Å². The summed E-state index contributed by atoms with van der Waals surface area (Å²) in [5.41, 5.74) is 2.62. The Morgan fingerprint density at radius 1 is 1.19 bits per heavy atom. The molecule has 6 heteroatoms. The van der Waals surface area contributed by atoms with Crippen molar-refractivity contribution in [1.82, 2.24) is 5.32 Å². The third-order valence-corrected chi connectivity index (χ3v) is 4.80. The van der Waals surface area contributed by atoms with Gasteiger partial charge in [0.2, 0.25) is 11.8 Å². The number of rotatable bonds is 6. The molecule has 1 aliphatic rings. The van der Waals surface area contributed by atoms with Crippen molar-refractivity contribution in [3.63, 3.8) is 0 Å². The van der Waals surface area contributed by atoms with Crippen LogP contribution in [-0.2, 0) is 9.59 Å². The number of halogens is 1. The summed E-state index contributed by atoms with van der Waals surface area (Å²) in [4.78, 5) is 25.7. The maximum absolute atomic E-state index is 12.2.